The van der Waals surface area contributed by atoms with Gasteiger partial charge in [0.1, 0.15) is 5.76 Å². The van der Waals surface area contributed by atoms with Gasteiger partial charge in [0.15, 0.2) is 0 Å². The normalized spacial score (nSPS) is 24.3. The SMILES string of the molecule is CC1CNCc2ccoc21. The largest absolute Gasteiger partial charge is 0.469 e. The first-order valence-electron chi connectivity index (χ1n) is 3.65. The van der Waals surface area contributed by atoms with Gasteiger partial charge in [-0.15, -0.1) is 0 Å². The fourth-order valence-corrected chi connectivity index (χ4v) is 1.44. The molecule has 0 aliphatic carbocycles. The molecule has 0 radical (unpaired) electrons. The first kappa shape index (κ1) is 5.98. The van der Waals surface area contributed by atoms with Crippen LogP contribution in [0.4, 0.5) is 0 Å². The van der Waals surface area contributed by atoms with Crippen molar-refractivity contribution in [2.75, 3.05) is 6.54 Å². The highest BCUT2D eigenvalue weighted by Gasteiger charge is 2.17. The standard InChI is InChI=1S/C8H11NO/c1-6-4-9-5-7-2-3-10-8(6)7/h2-3,6,9H,4-5H2,1H3. The molecule has 1 atom stereocenters. The summed E-state index contributed by atoms with van der Waals surface area (Å²) in [6.07, 6.45) is 1.77. The van der Waals surface area contributed by atoms with E-state index in [4.69, 9.17) is 4.42 Å². The first-order chi connectivity index (χ1) is 4.88. The number of fused-ring (bicyclic) bond motifs is 1. The number of furan rings is 1. The Labute approximate surface area is 60.2 Å². The van der Waals surface area contributed by atoms with Crippen molar-refractivity contribution in [3.8, 4) is 0 Å². The summed E-state index contributed by atoms with van der Waals surface area (Å²) in [5, 5.41) is 3.32. The molecule has 0 fully saturated rings. The lowest BCUT2D eigenvalue weighted by molar-refractivity contribution is 0.431. The van der Waals surface area contributed by atoms with E-state index in [1.54, 1.807) is 6.26 Å². The van der Waals surface area contributed by atoms with Crippen molar-refractivity contribution in [1.29, 1.82) is 0 Å². The molecule has 0 bridgehead atoms. The summed E-state index contributed by atoms with van der Waals surface area (Å²) in [6.45, 7) is 4.19. The smallest absolute Gasteiger partial charge is 0.112 e. The number of hydrogen-bond donors (Lipinski definition) is 1. The Morgan fingerprint density at radius 3 is 3.40 bits per heavy atom. The molecule has 0 aromatic carbocycles. The van der Waals surface area contributed by atoms with Crippen molar-refractivity contribution < 1.29 is 4.42 Å². The van der Waals surface area contributed by atoms with E-state index in [0.717, 1.165) is 13.1 Å². The van der Waals surface area contributed by atoms with Crippen LogP contribution in [-0.2, 0) is 6.54 Å². The van der Waals surface area contributed by atoms with Crippen molar-refractivity contribution in [3.63, 3.8) is 0 Å². The van der Waals surface area contributed by atoms with Crippen LogP contribution < -0.4 is 5.32 Å². The third-order valence-corrected chi connectivity index (χ3v) is 1.99. The highest BCUT2D eigenvalue weighted by atomic mass is 16.3. The minimum Gasteiger partial charge on any atom is -0.469 e. The van der Waals surface area contributed by atoms with Crippen LogP contribution >= 0.6 is 0 Å². The Kier molecular flexibility index (Phi) is 1.27. The number of nitrogens with one attached hydrogen (secondary N) is 1. The van der Waals surface area contributed by atoms with Crippen LogP contribution in [0, 0.1) is 0 Å². The minimum absolute atomic E-state index is 0.541. The van der Waals surface area contributed by atoms with E-state index >= 15 is 0 Å². The van der Waals surface area contributed by atoms with Gasteiger partial charge in [-0.25, -0.2) is 0 Å². The molecule has 2 nitrogen and oxygen atoms in total. The second-order valence-corrected chi connectivity index (χ2v) is 2.84. The van der Waals surface area contributed by atoms with E-state index in [9.17, 15) is 0 Å². The van der Waals surface area contributed by atoms with Crippen molar-refractivity contribution >= 4 is 0 Å². The van der Waals surface area contributed by atoms with E-state index in [2.05, 4.69) is 12.2 Å². The zero-order chi connectivity index (χ0) is 6.97. The van der Waals surface area contributed by atoms with Crippen LogP contribution in [0.1, 0.15) is 24.2 Å². The van der Waals surface area contributed by atoms with E-state index < -0.39 is 0 Å². The molecule has 2 rings (SSSR count). The molecular formula is C8H11NO. The third-order valence-electron chi connectivity index (χ3n) is 1.99. The van der Waals surface area contributed by atoms with E-state index in [1.807, 2.05) is 6.07 Å². The highest BCUT2D eigenvalue weighted by molar-refractivity contribution is 5.22. The predicted octanol–water partition coefficient (Wildman–Crippen LogP) is 1.49. The maximum Gasteiger partial charge on any atom is 0.112 e. The number of rotatable bonds is 0. The van der Waals surface area contributed by atoms with E-state index in [-0.39, 0.29) is 0 Å². The van der Waals surface area contributed by atoms with Gasteiger partial charge in [0, 0.05) is 24.6 Å². The zero-order valence-corrected chi connectivity index (χ0v) is 6.05. The van der Waals surface area contributed by atoms with Crippen LogP contribution in [-0.4, -0.2) is 6.54 Å². The molecule has 54 valence electrons. The molecule has 1 aromatic rings. The van der Waals surface area contributed by atoms with Gasteiger partial charge in [0.2, 0.25) is 0 Å². The average molecular weight is 137 g/mol. The van der Waals surface area contributed by atoms with Crippen LogP contribution in [0.2, 0.25) is 0 Å². The van der Waals surface area contributed by atoms with Crippen LogP contribution in [0.25, 0.3) is 0 Å². The molecule has 1 N–H and O–H groups in total. The molecule has 0 spiro atoms. The van der Waals surface area contributed by atoms with Gasteiger partial charge in [0.05, 0.1) is 6.26 Å². The zero-order valence-electron chi connectivity index (χ0n) is 6.05. The molecule has 0 saturated carbocycles. The quantitative estimate of drug-likeness (QED) is 0.586. The van der Waals surface area contributed by atoms with E-state index in [0.29, 0.717) is 5.92 Å². The van der Waals surface area contributed by atoms with Gasteiger partial charge in [-0.3, -0.25) is 0 Å². The summed E-state index contributed by atoms with van der Waals surface area (Å²) in [4.78, 5) is 0. The van der Waals surface area contributed by atoms with Gasteiger partial charge < -0.3 is 9.73 Å². The predicted molar refractivity (Wildman–Crippen MR) is 38.8 cm³/mol. The van der Waals surface area contributed by atoms with Crippen molar-refractivity contribution in [2.24, 2.45) is 0 Å². The second kappa shape index (κ2) is 2.13. The summed E-state index contributed by atoms with van der Waals surface area (Å²) in [5.74, 6) is 1.71. The van der Waals surface area contributed by atoms with Crippen LogP contribution in [0.5, 0.6) is 0 Å². The van der Waals surface area contributed by atoms with Crippen molar-refractivity contribution in [1.82, 2.24) is 5.32 Å². The Morgan fingerprint density at radius 1 is 1.70 bits per heavy atom. The molecule has 1 aliphatic heterocycles. The van der Waals surface area contributed by atoms with Gasteiger partial charge in [0.25, 0.3) is 0 Å². The van der Waals surface area contributed by atoms with Gasteiger partial charge in [-0.2, -0.15) is 0 Å². The summed E-state index contributed by atoms with van der Waals surface area (Å²) in [7, 11) is 0. The summed E-state index contributed by atoms with van der Waals surface area (Å²) in [6, 6.07) is 2.04. The van der Waals surface area contributed by atoms with Crippen molar-refractivity contribution in [2.45, 2.75) is 19.4 Å². The fourth-order valence-electron chi connectivity index (χ4n) is 1.44. The Bertz CT molecular complexity index is 229. The maximum absolute atomic E-state index is 5.33. The minimum atomic E-state index is 0.541. The monoisotopic (exact) mass is 137 g/mol. The average Bonchev–Trinajstić information content (AvgIpc) is 2.36. The third kappa shape index (κ3) is 0.762. The maximum atomic E-state index is 5.33. The molecule has 0 saturated heterocycles. The lowest BCUT2D eigenvalue weighted by Crippen LogP contribution is -2.25. The van der Waals surface area contributed by atoms with Crippen LogP contribution in [0.15, 0.2) is 16.7 Å². The Hall–Kier alpha value is -0.760. The lowest BCUT2D eigenvalue weighted by Gasteiger charge is -2.17. The van der Waals surface area contributed by atoms with E-state index in [1.165, 1.54) is 11.3 Å². The summed E-state index contributed by atoms with van der Waals surface area (Å²) < 4.78 is 5.33. The van der Waals surface area contributed by atoms with Crippen molar-refractivity contribution in [3.05, 3.63) is 23.7 Å². The van der Waals surface area contributed by atoms with Crippen LogP contribution in [0.3, 0.4) is 0 Å². The molecule has 10 heavy (non-hydrogen) atoms. The molecule has 1 unspecified atom stereocenters. The van der Waals surface area contributed by atoms with Gasteiger partial charge in [-0.05, 0) is 6.07 Å². The summed E-state index contributed by atoms with van der Waals surface area (Å²) >= 11 is 0. The number of hydrogen-bond acceptors (Lipinski definition) is 2. The topological polar surface area (TPSA) is 25.2 Å². The Balaban J connectivity index is 2.41. The fraction of sp³-hybridized carbons (Fsp3) is 0.500. The second-order valence-electron chi connectivity index (χ2n) is 2.84. The van der Waals surface area contributed by atoms with Gasteiger partial charge in [-0.1, -0.05) is 6.92 Å². The first-order valence-corrected chi connectivity index (χ1v) is 3.65. The molecule has 0 amide bonds. The summed E-state index contributed by atoms with van der Waals surface area (Å²) in [5.41, 5.74) is 1.32. The molecule has 1 aliphatic rings. The lowest BCUT2D eigenvalue weighted by atomic mass is 10.0. The molecule has 2 heterocycles. The molecule has 2 heteroatoms. The Morgan fingerprint density at radius 2 is 2.60 bits per heavy atom. The molecule has 1 aromatic heterocycles. The molecular weight excluding hydrogens is 126 g/mol. The van der Waals surface area contributed by atoms with Gasteiger partial charge >= 0.3 is 0 Å². The highest BCUT2D eigenvalue weighted by Crippen LogP contribution is 2.23.